The smallest absolute Gasteiger partial charge is 0.251 e. The molecular weight excluding hydrogens is 562 g/mol. The average Bonchev–Trinajstić information content (AvgIpc) is 3.70. The lowest BCUT2D eigenvalue weighted by Crippen LogP contribution is -2.42. The molecular formula is C28H40ClN9O4. The first-order chi connectivity index (χ1) is 19.8. The van der Waals surface area contributed by atoms with Crippen molar-refractivity contribution in [3.8, 4) is 0 Å². The number of anilines is 2. The van der Waals surface area contributed by atoms with Gasteiger partial charge < -0.3 is 35.6 Å². The van der Waals surface area contributed by atoms with Gasteiger partial charge in [0.25, 0.3) is 5.91 Å². The van der Waals surface area contributed by atoms with Crippen molar-refractivity contribution in [2.45, 2.75) is 89.3 Å². The molecule has 0 bridgehead atoms. The lowest BCUT2D eigenvalue weighted by atomic mass is 10.2. The largest absolute Gasteiger partial charge is 0.388 e. The minimum atomic E-state index is -1.11. The van der Waals surface area contributed by atoms with Crippen molar-refractivity contribution < 1.29 is 19.8 Å². The van der Waals surface area contributed by atoms with E-state index in [1.807, 2.05) is 4.90 Å². The molecule has 1 aliphatic carbocycles. The summed E-state index contributed by atoms with van der Waals surface area (Å²) in [4.78, 5) is 45.1. The summed E-state index contributed by atoms with van der Waals surface area (Å²) in [5.41, 5.74) is 1.67. The molecule has 1 aliphatic heterocycles. The molecule has 5 atom stereocenters. The van der Waals surface area contributed by atoms with Crippen LogP contribution in [0.25, 0.3) is 11.2 Å². The summed E-state index contributed by atoms with van der Waals surface area (Å²) in [6, 6.07) is 2.36. The summed E-state index contributed by atoms with van der Waals surface area (Å²) < 4.78 is 1.78. The van der Waals surface area contributed by atoms with Gasteiger partial charge in [-0.05, 0) is 37.8 Å². The third kappa shape index (κ3) is 6.42. The molecule has 3 aromatic heterocycles. The second-order valence-corrected chi connectivity index (χ2v) is 10.8. The van der Waals surface area contributed by atoms with Gasteiger partial charge in [-0.2, -0.15) is 9.97 Å². The number of hydrogen-bond acceptors (Lipinski definition) is 10. The molecule has 13 nitrogen and oxygen atoms in total. The van der Waals surface area contributed by atoms with Gasteiger partial charge in [-0.1, -0.05) is 20.8 Å². The highest BCUT2D eigenvalue weighted by atomic mass is 35.5. The number of imidazole rings is 1. The molecule has 0 radical (unpaired) electrons. The Labute approximate surface area is 250 Å². The normalized spacial score (nSPS) is 23.7. The summed E-state index contributed by atoms with van der Waals surface area (Å²) in [6.07, 6.45) is 5.75. The molecule has 2 fully saturated rings. The summed E-state index contributed by atoms with van der Waals surface area (Å²) in [6.45, 7) is 7.15. The van der Waals surface area contributed by atoms with Crippen molar-refractivity contribution in [3.63, 3.8) is 0 Å². The fourth-order valence-electron chi connectivity index (χ4n) is 5.64. The van der Waals surface area contributed by atoms with E-state index in [1.54, 1.807) is 42.3 Å². The van der Waals surface area contributed by atoms with Gasteiger partial charge in [-0.3, -0.25) is 14.6 Å². The van der Waals surface area contributed by atoms with Gasteiger partial charge in [0.15, 0.2) is 17.0 Å². The van der Waals surface area contributed by atoms with E-state index in [-0.39, 0.29) is 36.3 Å². The number of aliphatic hydroxyl groups is 2. The number of nitrogens with one attached hydrogen (secondary N) is 3. The third-order valence-electron chi connectivity index (χ3n) is 8.16. The first-order valence-corrected chi connectivity index (χ1v) is 14.4. The topological polar surface area (TPSA) is 170 Å². The van der Waals surface area contributed by atoms with Crippen LogP contribution in [0.4, 0.5) is 11.8 Å². The number of aliphatic hydroxyl groups excluding tert-OH is 2. The monoisotopic (exact) mass is 601 g/mol. The van der Waals surface area contributed by atoms with E-state index >= 15 is 0 Å². The number of fused-ring (bicyclic) bond motifs is 1. The van der Waals surface area contributed by atoms with Crippen molar-refractivity contribution in [2.24, 2.45) is 0 Å². The van der Waals surface area contributed by atoms with Crippen molar-refractivity contribution in [1.29, 1.82) is 0 Å². The zero-order valence-corrected chi connectivity index (χ0v) is 24.9. The van der Waals surface area contributed by atoms with Crippen LogP contribution in [-0.2, 0) is 4.79 Å². The van der Waals surface area contributed by atoms with E-state index in [0.29, 0.717) is 54.4 Å². The molecule has 4 heterocycles. The van der Waals surface area contributed by atoms with Crippen molar-refractivity contribution in [3.05, 3.63) is 36.4 Å². The van der Waals surface area contributed by atoms with Gasteiger partial charge in [0.2, 0.25) is 11.9 Å². The molecule has 3 aromatic rings. The van der Waals surface area contributed by atoms with E-state index < -0.39 is 24.3 Å². The van der Waals surface area contributed by atoms with E-state index in [1.165, 1.54) is 0 Å². The predicted octanol–water partition coefficient (Wildman–Crippen LogP) is 1.81. The van der Waals surface area contributed by atoms with Gasteiger partial charge in [0, 0.05) is 49.6 Å². The Bertz CT molecular complexity index is 1370. The Balaban J connectivity index is 0.00000405. The van der Waals surface area contributed by atoms with Crippen molar-refractivity contribution >= 4 is 47.2 Å². The molecule has 1 unspecified atom stereocenters. The van der Waals surface area contributed by atoms with E-state index in [4.69, 9.17) is 9.97 Å². The Morgan fingerprint density at radius 3 is 2.50 bits per heavy atom. The highest BCUT2D eigenvalue weighted by molar-refractivity contribution is 5.94. The fourth-order valence-corrected chi connectivity index (χ4v) is 5.64. The maximum Gasteiger partial charge on any atom is 0.251 e. The molecule has 1 saturated carbocycles. The van der Waals surface area contributed by atoms with Crippen LogP contribution < -0.4 is 20.9 Å². The van der Waals surface area contributed by atoms with Gasteiger partial charge in [-0.15, -0.1) is 12.4 Å². The molecule has 0 aromatic carbocycles. The number of aromatic nitrogens is 5. The molecule has 5 rings (SSSR count). The maximum atomic E-state index is 12.7. The molecule has 5 N–H and O–H groups in total. The lowest BCUT2D eigenvalue weighted by Gasteiger charge is -2.22. The van der Waals surface area contributed by atoms with Crippen LogP contribution in [0.15, 0.2) is 30.9 Å². The second kappa shape index (κ2) is 13.6. The van der Waals surface area contributed by atoms with Gasteiger partial charge in [0.1, 0.15) is 12.2 Å². The number of carbonyl (C=O) groups excluding carboxylic acids is 2. The van der Waals surface area contributed by atoms with Crippen LogP contribution >= 0.6 is 12.4 Å². The summed E-state index contributed by atoms with van der Waals surface area (Å²) in [5.74, 6) is 0.768. The molecule has 14 heteroatoms. The number of hydrogen-bond donors (Lipinski definition) is 5. The van der Waals surface area contributed by atoms with Crippen LogP contribution in [0.1, 0.15) is 69.3 Å². The zero-order valence-electron chi connectivity index (χ0n) is 24.1. The van der Waals surface area contributed by atoms with Crippen LogP contribution in [0.3, 0.4) is 0 Å². The van der Waals surface area contributed by atoms with Crippen LogP contribution in [0.5, 0.6) is 0 Å². The zero-order chi connectivity index (χ0) is 29.1. The summed E-state index contributed by atoms with van der Waals surface area (Å²) in [5, 5.41) is 31.1. The third-order valence-corrected chi connectivity index (χ3v) is 8.16. The molecule has 228 valence electrons. The molecule has 2 amide bonds. The molecule has 1 saturated heterocycles. The Morgan fingerprint density at radius 2 is 1.81 bits per heavy atom. The van der Waals surface area contributed by atoms with Crippen molar-refractivity contribution in [1.82, 2.24) is 35.1 Å². The first-order valence-electron chi connectivity index (χ1n) is 14.4. The number of amides is 2. The van der Waals surface area contributed by atoms with Crippen LogP contribution in [-0.4, -0.2) is 90.0 Å². The number of nitrogens with zero attached hydrogens (tertiary/aromatic N) is 6. The SMILES string of the molecule is CCC(=O)N[C@H]1CC(n2cnc3c(NC(CC)CC)nc(N4CC[C@@H](NC(=O)c5ccncc5)C4)nc32)[C@H](O)[C@@H]1O.Cl. The summed E-state index contributed by atoms with van der Waals surface area (Å²) >= 11 is 0. The minimum absolute atomic E-state index is 0. The predicted molar refractivity (Wildman–Crippen MR) is 161 cm³/mol. The molecule has 42 heavy (non-hydrogen) atoms. The molecule has 2 aliphatic rings. The highest BCUT2D eigenvalue weighted by Gasteiger charge is 2.44. The standard InChI is InChI=1S/C28H39N9O4.ClH/c1-4-17(5-2)31-25-22-26(37(15-30-22)20-13-19(23(39)24(20)40)33-21(38)6-3)35-28(34-25)36-12-9-18(14-36)32-27(41)16-7-10-29-11-8-16;/h7-8,10-11,15,17-20,23-24,39-40H,4-6,9,12-14H2,1-3H3,(H,32,41)(H,33,38)(H,31,34,35);1H/t18-,19+,20?,23-,24+;/m1./s1. The van der Waals surface area contributed by atoms with Crippen LogP contribution in [0.2, 0.25) is 0 Å². The lowest BCUT2D eigenvalue weighted by molar-refractivity contribution is -0.122. The fraction of sp³-hybridized carbons (Fsp3) is 0.571. The maximum absolute atomic E-state index is 12.7. The minimum Gasteiger partial charge on any atom is -0.388 e. The van der Waals surface area contributed by atoms with E-state index in [9.17, 15) is 19.8 Å². The number of carbonyl (C=O) groups is 2. The van der Waals surface area contributed by atoms with Crippen LogP contribution in [0, 0.1) is 0 Å². The Morgan fingerprint density at radius 1 is 1.07 bits per heavy atom. The second-order valence-electron chi connectivity index (χ2n) is 10.8. The quantitative estimate of drug-likeness (QED) is 0.231. The van der Waals surface area contributed by atoms with Gasteiger partial charge in [0.05, 0.1) is 18.4 Å². The van der Waals surface area contributed by atoms with Gasteiger partial charge >= 0.3 is 0 Å². The van der Waals surface area contributed by atoms with Crippen molar-refractivity contribution in [2.75, 3.05) is 23.3 Å². The number of rotatable bonds is 10. The summed E-state index contributed by atoms with van der Waals surface area (Å²) in [7, 11) is 0. The first kappa shape index (κ1) is 31.4. The Kier molecular flexibility index (Phi) is 10.2. The highest BCUT2D eigenvalue weighted by Crippen LogP contribution is 2.35. The molecule has 0 spiro atoms. The van der Waals surface area contributed by atoms with Gasteiger partial charge in [-0.25, -0.2) is 4.98 Å². The van der Waals surface area contributed by atoms with E-state index in [2.05, 4.69) is 39.8 Å². The Hall–Kier alpha value is -3.55. The average molecular weight is 602 g/mol. The van der Waals surface area contributed by atoms with E-state index in [0.717, 1.165) is 19.3 Å². The number of pyridine rings is 1. The number of halogens is 1.